The molecule has 0 rings (SSSR count). The molecular weight excluding hydrogens is 636 g/mol. The van der Waals surface area contributed by atoms with Gasteiger partial charge in [0.05, 0.1) is 54.1 Å². The van der Waals surface area contributed by atoms with Crippen molar-refractivity contribution in [1.82, 2.24) is 0 Å². The fourth-order valence-corrected chi connectivity index (χ4v) is 4.73. The lowest BCUT2D eigenvalue weighted by atomic mass is 10.1. The van der Waals surface area contributed by atoms with Gasteiger partial charge in [-0.05, 0) is 25.7 Å². The van der Waals surface area contributed by atoms with Gasteiger partial charge in [0.15, 0.2) is 0 Å². The topological polar surface area (TPSA) is 52.6 Å². The van der Waals surface area contributed by atoms with E-state index in [1.807, 2.05) is 0 Å². The highest BCUT2D eigenvalue weighted by Gasteiger charge is 2.18. The maximum Gasteiger partial charge on any atom is 0.306 e. The van der Waals surface area contributed by atoms with Crippen molar-refractivity contribution in [2.45, 2.75) is 129 Å². The van der Waals surface area contributed by atoms with Crippen LogP contribution in [0.25, 0.3) is 0 Å². The molecule has 0 amide bonds. The van der Waals surface area contributed by atoms with E-state index in [4.69, 9.17) is 9.47 Å². The van der Waals surface area contributed by atoms with Crippen molar-refractivity contribution in [3.63, 3.8) is 0 Å². The number of ether oxygens (including phenoxy) is 2. The van der Waals surface area contributed by atoms with Gasteiger partial charge in [0, 0.05) is 0 Å². The number of nitrogens with zero attached hydrogens (tertiary/aromatic N) is 2. The van der Waals surface area contributed by atoms with E-state index in [2.05, 4.69) is 42.0 Å². The Morgan fingerprint density at radius 3 is 1.02 bits per heavy atom. The van der Waals surface area contributed by atoms with Gasteiger partial charge in [0.25, 0.3) is 0 Å². The molecular formula is C32H66Br2N2O4. The maximum atomic E-state index is 12.1. The van der Waals surface area contributed by atoms with Crippen LogP contribution in [0.3, 0.4) is 0 Å². The van der Waals surface area contributed by atoms with Crippen LogP contribution < -0.4 is 34.0 Å². The largest absolute Gasteiger partial charge is 1.00 e. The maximum absolute atomic E-state index is 12.1. The summed E-state index contributed by atoms with van der Waals surface area (Å²) in [5.41, 5.74) is 0. The van der Waals surface area contributed by atoms with E-state index in [1.54, 1.807) is 0 Å². The van der Waals surface area contributed by atoms with Crippen LogP contribution in [0.1, 0.15) is 129 Å². The Balaban J connectivity index is -0.00000684. The summed E-state index contributed by atoms with van der Waals surface area (Å²) in [6.07, 6.45) is 21.4. The van der Waals surface area contributed by atoms with Gasteiger partial charge in [0.1, 0.15) is 26.3 Å². The normalized spacial score (nSPS) is 11.4. The van der Waals surface area contributed by atoms with Crippen molar-refractivity contribution in [1.29, 1.82) is 0 Å². The molecule has 0 saturated heterocycles. The van der Waals surface area contributed by atoms with Crippen LogP contribution in [0, 0.1) is 0 Å². The van der Waals surface area contributed by atoms with Gasteiger partial charge < -0.3 is 52.4 Å². The Morgan fingerprint density at radius 2 is 0.725 bits per heavy atom. The Labute approximate surface area is 270 Å². The second kappa shape index (κ2) is 28.9. The van der Waals surface area contributed by atoms with Crippen LogP contribution in [0.15, 0.2) is 0 Å². The molecule has 6 nitrogen and oxygen atoms in total. The molecule has 0 unspecified atom stereocenters. The summed E-state index contributed by atoms with van der Waals surface area (Å²) in [5, 5.41) is 0. The molecule has 8 heteroatoms. The third-order valence-corrected chi connectivity index (χ3v) is 7.69. The molecule has 40 heavy (non-hydrogen) atoms. The molecule has 0 radical (unpaired) electrons. The molecule has 0 heterocycles. The average molecular weight is 703 g/mol. The second-order valence-electron chi connectivity index (χ2n) is 12.7. The number of halogens is 2. The van der Waals surface area contributed by atoms with Crippen molar-refractivity contribution < 1.29 is 62.0 Å². The molecule has 0 aliphatic heterocycles. The van der Waals surface area contributed by atoms with E-state index >= 15 is 0 Å². The molecule has 0 fully saturated rings. The zero-order chi connectivity index (χ0) is 28.5. The minimum absolute atomic E-state index is 0. The first-order valence-corrected chi connectivity index (χ1v) is 16.1. The lowest BCUT2D eigenvalue weighted by Gasteiger charge is -2.29. The number of unbranched alkanes of at least 4 members (excludes halogenated alkanes) is 14. The highest BCUT2D eigenvalue weighted by molar-refractivity contribution is 5.77. The predicted molar refractivity (Wildman–Crippen MR) is 160 cm³/mol. The molecule has 0 bridgehead atoms. The Morgan fingerprint density at radius 1 is 0.450 bits per heavy atom. The number of likely N-dealkylation sites (N-methyl/N-ethyl adjacent to an activating group) is 2. The number of hydrogen-bond donors (Lipinski definition) is 0. The predicted octanol–water partition coefficient (Wildman–Crippen LogP) is 1.30. The van der Waals surface area contributed by atoms with Crippen LogP contribution in [0.5, 0.6) is 0 Å². The number of rotatable bonds is 27. The zero-order valence-corrected chi connectivity index (χ0v) is 30.4. The molecule has 0 aliphatic carbocycles. The van der Waals surface area contributed by atoms with Crippen molar-refractivity contribution >= 4 is 11.9 Å². The van der Waals surface area contributed by atoms with Crippen molar-refractivity contribution in [2.24, 2.45) is 0 Å². The minimum Gasteiger partial charge on any atom is -1.00 e. The van der Waals surface area contributed by atoms with Gasteiger partial charge >= 0.3 is 11.9 Å². The Hall–Kier alpha value is -0.180. The van der Waals surface area contributed by atoms with Crippen LogP contribution >= 0.6 is 0 Å². The summed E-state index contributed by atoms with van der Waals surface area (Å²) < 4.78 is 12.5. The summed E-state index contributed by atoms with van der Waals surface area (Å²) in [7, 11) is 8.78. The van der Waals surface area contributed by atoms with Gasteiger partial charge in [-0.2, -0.15) is 0 Å². The molecule has 0 aromatic heterocycles. The molecule has 0 aromatic carbocycles. The van der Waals surface area contributed by atoms with Gasteiger partial charge in [0.2, 0.25) is 0 Å². The summed E-state index contributed by atoms with van der Waals surface area (Å²) in [4.78, 5) is 24.2. The van der Waals surface area contributed by atoms with Gasteiger partial charge in [-0.25, -0.2) is 0 Å². The molecule has 0 aromatic rings. The van der Waals surface area contributed by atoms with E-state index in [-0.39, 0.29) is 58.7 Å². The number of quaternary nitrogens is 2. The molecule has 0 N–H and O–H groups in total. The Kier molecular flexibility index (Phi) is 32.0. The molecule has 0 aliphatic rings. The quantitative estimate of drug-likeness (QED) is 0.0737. The van der Waals surface area contributed by atoms with Crippen molar-refractivity contribution in [3.8, 4) is 0 Å². The molecule has 242 valence electrons. The first-order chi connectivity index (χ1) is 18.1. The summed E-state index contributed by atoms with van der Waals surface area (Å²) in [6.45, 7) is 9.14. The van der Waals surface area contributed by atoms with E-state index in [9.17, 15) is 9.59 Å². The third-order valence-electron chi connectivity index (χ3n) is 7.69. The van der Waals surface area contributed by atoms with Crippen molar-refractivity contribution in [2.75, 3.05) is 67.6 Å². The summed E-state index contributed by atoms with van der Waals surface area (Å²) >= 11 is 0. The summed E-state index contributed by atoms with van der Waals surface area (Å²) in [6, 6.07) is 0. The number of hydrogen-bond acceptors (Lipinski definition) is 4. The van der Waals surface area contributed by atoms with E-state index in [0.29, 0.717) is 13.2 Å². The first-order valence-electron chi connectivity index (χ1n) is 16.1. The van der Waals surface area contributed by atoms with Crippen LogP contribution in [-0.2, 0) is 19.1 Å². The van der Waals surface area contributed by atoms with Gasteiger partial charge in [-0.1, -0.05) is 90.9 Å². The van der Waals surface area contributed by atoms with Crippen LogP contribution in [0.2, 0.25) is 0 Å². The first kappa shape index (κ1) is 44.3. The van der Waals surface area contributed by atoms with Crippen molar-refractivity contribution in [3.05, 3.63) is 0 Å². The van der Waals surface area contributed by atoms with Gasteiger partial charge in [-0.15, -0.1) is 0 Å². The number of carbonyl (C=O) groups excluding carboxylic acids is 2. The lowest BCUT2D eigenvalue weighted by Crippen LogP contribution is -3.00. The third kappa shape index (κ3) is 30.8. The lowest BCUT2D eigenvalue weighted by molar-refractivity contribution is -0.890. The highest BCUT2D eigenvalue weighted by Crippen LogP contribution is 2.11. The van der Waals surface area contributed by atoms with E-state index < -0.39 is 0 Å². The smallest absolute Gasteiger partial charge is 0.306 e. The molecule has 0 atom stereocenters. The van der Waals surface area contributed by atoms with Crippen LogP contribution in [0.4, 0.5) is 0 Å². The zero-order valence-electron chi connectivity index (χ0n) is 27.3. The van der Waals surface area contributed by atoms with E-state index in [0.717, 1.165) is 35.1 Å². The monoisotopic (exact) mass is 700 g/mol. The van der Waals surface area contributed by atoms with Gasteiger partial charge in [-0.3, -0.25) is 9.59 Å². The number of carbonyl (C=O) groups is 2. The van der Waals surface area contributed by atoms with Crippen LogP contribution in [-0.4, -0.2) is 88.5 Å². The second-order valence-corrected chi connectivity index (χ2v) is 12.7. The highest BCUT2D eigenvalue weighted by atomic mass is 79.9. The summed E-state index contributed by atoms with van der Waals surface area (Å²) in [5.74, 6) is -0.611. The Bertz CT molecular complexity index is 539. The molecule has 0 spiro atoms. The SMILES string of the molecule is CCCCCCCCCC[N+](C)(C)CCOC(=O)CCC(=O)OCC[N+](C)(C)CCCCCCCCCC.[Br-].[Br-]. The molecule has 0 saturated carbocycles. The fraction of sp³-hybridized carbons (Fsp3) is 0.938. The minimum atomic E-state index is -0.306. The average Bonchev–Trinajstić information content (AvgIpc) is 2.85. The van der Waals surface area contributed by atoms with E-state index in [1.165, 1.54) is 103 Å². The standard InChI is InChI=1S/C32H66N2O4.2BrH/c1-7-9-11-13-15-17-19-21-25-33(3,4)27-29-37-31(35)23-24-32(36)38-30-28-34(5,6)26-22-20-18-16-14-12-10-8-2;;/h7-30H2,1-6H3;2*1H/q+2;;/p-2. The number of esters is 2. The fourth-order valence-electron chi connectivity index (χ4n) is 4.73.